The normalized spacial score (nSPS) is 20.8. The van der Waals surface area contributed by atoms with Gasteiger partial charge in [-0.3, -0.25) is 4.90 Å². The van der Waals surface area contributed by atoms with E-state index in [0.717, 1.165) is 51.0 Å². The number of aromatic nitrogens is 2. The van der Waals surface area contributed by atoms with Crippen LogP contribution in [0.25, 0.3) is 0 Å². The van der Waals surface area contributed by atoms with E-state index in [-0.39, 0.29) is 16.8 Å². The van der Waals surface area contributed by atoms with Gasteiger partial charge in [-0.15, -0.1) is 0 Å². The number of methoxy groups -OCH3 is 1. The summed E-state index contributed by atoms with van der Waals surface area (Å²) >= 11 is 0. The Balaban J connectivity index is 1.76. The van der Waals surface area contributed by atoms with Crippen molar-refractivity contribution in [2.45, 2.75) is 82.5 Å². The highest BCUT2D eigenvalue weighted by Crippen LogP contribution is 2.27. The molecule has 2 heterocycles. The topological polar surface area (TPSA) is 64.4 Å². The molecule has 0 radical (unpaired) electrons. The Bertz CT molecular complexity index is 688. The predicted octanol–water partition coefficient (Wildman–Crippen LogP) is 3.65. The second-order valence-corrected chi connectivity index (χ2v) is 10.4. The quantitative estimate of drug-likeness (QED) is 0.653. The Morgan fingerprint density at radius 3 is 2.36 bits per heavy atom. The van der Waals surface area contributed by atoms with Gasteiger partial charge < -0.3 is 9.30 Å². The summed E-state index contributed by atoms with van der Waals surface area (Å²) in [5.74, 6) is 0.518. The molecule has 0 bridgehead atoms. The first-order valence-corrected chi connectivity index (χ1v) is 12.7. The fourth-order valence-corrected chi connectivity index (χ4v) is 6.49. The molecule has 2 fully saturated rings. The zero-order valence-corrected chi connectivity index (χ0v) is 18.3. The van der Waals surface area contributed by atoms with Gasteiger partial charge in [0.25, 0.3) is 0 Å². The molecule has 1 aromatic heterocycles. The minimum atomic E-state index is -3.38. The lowest BCUT2D eigenvalue weighted by Crippen LogP contribution is -2.29. The molecule has 1 saturated carbocycles. The standard InChI is InChI=1S/C21H37N3O3S/c1-27-15-14-24-20(17-23-12-8-3-2-4-9-13-23)16-22-21(24)28(25,26)18-19-10-6-5-7-11-19/h16,19H,2-15,17-18H2,1H3. The number of nitrogens with zero attached hydrogens (tertiary/aromatic N) is 3. The van der Waals surface area contributed by atoms with Crippen molar-refractivity contribution in [2.75, 3.05) is 32.6 Å². The summed E-state index contributed by atoms with van der Waals surface area (Å²) in [6.07, 6.45) is 13.7. The smallest absolute Gasteiger partial charge is 0.227 e. The van der Waals surface area contributed by atoms with Crippen LogP contribution >= 0.6 is 0 Å². The summed E-state index contributed by atoms with van der Waals surface area (Å²) in [7, 11) is -1.72. The minimum Gasteiger partial charge on any atom is -0.383 e. The van der Waals surface area contributed by atoms with Crippen LogP contribution in [0.1, 0.15) is 69.9 Å². The molecule has 28 heavy (non-hydrogen) atoms. The lowest BCUT2D eigenvalue weighted by atomic mass is 9.91. The van der Waals surface area contributed by atoms with Gasteiger partial charge in [0.1, 0.15) is 0 Å². The summed E-state index contributed by atoms with van der Waals surface area (Å²) < 4.78 is 33.5. The second-order valence-electron chi connectivity index (χ2n) is 8.51. The predicted molar refractivity (Wildman–Crippen MR) is 111 cm³/mol. The summed E-state index contributed by atoms with van der Waals surface area (Å²) in [4.78, 5) is 6.86. The maximum atomic E-state index is 13.2. The molecule has 160 valence electrons. The van der Waals surface area contributed by atoms with Crippen molar-refractivity contribution in [2.24, 2.45) is 5.92 Å². The Morgan fingerprint density at radius 1 is 1.04 bits per heavy atom. The second kappa shape index (κ2) is 10.7. The van der Waals surface area contributed by atoms with Crippen LogP contribution in [0.15, 0.2) is 11.4 Å². The highest BCUT2D eigenvalue weighted by Gasteiger charge is 2.28. The fraction of sp³-hybridized carbons (Fsp3) is 0.857. The van der Waals surface area contributed by atoms with E-state index in [1.54, 1.807) is 13.3 Å². The van der Waals surface area contributed by atoms with Gasteiger partial charge in [0.15, 0.2) is 0 Å². The zero-order chi connectivity index (χ0) is 19.8. The molecule has 0 atom stereocenters. The van der Waals surface area contributed by atoms with Gasteiger partial charge in [0.2, 0.25) is 15.0 Å². The van der Waals surface area contributed by atoms with Crippen LogP contribution in [0.3, 0.4) is 0 Å². The van der Waals surface area contributed by atoms with E-state index >= 15 is 0 Å². The van der Waals surface area contributed by atoms with Crippen molar-refractivity contribution in [1.29, 1.82) is 0 Å². The molecular formula is C21H37N3O3S. The van der Waals surface area contributed by atoms with Crippen LogP contribution < -0.4 is 0 Å². The third-order valence-electron chi connectivity index (χ3n) is 6.21. The van der Waals surface area contributed by atoms with E-state index < -0.39 is 9.84 Å². The van der Waals surface area contributed by atoms with E-state index in [2.05, 4.69) is 9.88 Å². The molecule has 7 heteroatoms. The number of sulfone groups is 1. The Morgan fingerprint density at radius 2 is 1.68 bits per heavy atom. The first kappa shape index (κ1) is 21.8. The van der Waals surface area contributed by atoms with Crippen LogP contribution in [-0.4, -0.2) is 55.4 Å². The lowest BCUT2D eigenvalue weighted by Gasteiger charge is -2.25. The zero-order valence-electron chi connectivity index (χ0n) is 17.4. The largest absolute Gasteiger partial charge is 0.383 e. The summed E-state index contributed by atoms with van der Waals surface area (Å²) in [5, 5.41) is 0.247. The van der Waals surface area contributed by atoms with Crippen LogP contribution in [0.5, 0.6) is 0 Å². The van der Waals surface area contributed by atoms with E-state index in [9.17, 15) is 8.42 Å². The van der Waals surface area contributed by atoms with Crippen molar-refractivity contribution in [1.82, 2.24) is 14.5 Å². The van der Waals surface area contributed by atoms with Gasteiger partial charge in [-0.1, -0.05) is 38.5 Å². The maximum absolute atomic E-state index is 13.2. The highest BCUT2D eigenvalue weighted by molar-refractivity contribution is 7.91. The van der Waals surface area contributed by atoms with Crippen molar-refractivity contribution >= 4 is 9.84 Å². The summed E-state index contributed by atoms with van der Waals surface area (Å²) in [5.41, 5.74) is 1.000. The Kier molecular flexibility index (Phi) is 8.36. The van der Waals surface area contributed by atoms with E-state index in [1.807, 2.05) is 4.57 Å². The number of imidazole rings is 1. The molecule has 3 rings (SSSR count). The lowest BCUT2D eigenvalue weighted by molar-refractivity contribution is 0.180. The first-order chi connectivity index (χ1) is 13.6. The highest BCUT2D eigenvalue weighted by atomic mass is 32.2. The molecule has 0 aromatic carbocycles. The van der Waals surface area contributed by atoms with Gasteiger partial charge in [-0.25, -0.2) is 13.4 Å². The number of hydrogen-bond acceptors (Lipinski definition) is 5. The van der Waals surface area contributed by atoms with Crippen LogP contribution in [0, 0.1) is 5.92 Å². The molecule has 2 aliphatic rings. The van der Waals surface area contributed by atoms with E-state index in [0.29, 0.717) is 13.2 Å². The van der Waals surface area contributed by atoms with Gasteiger partial charge in [0.05, 0.1) is 24.3 Å². The molecule has 0 unspecified atom stereocenters. The van der Waals surface area contributed by atoms with Gasteiger partial charge in [-0.05, 0) is 44.7 Å². The van der Waals surface area contributed by atoms with Crippen molar-refractivity contribution in [3.63, 3.8) is 0 Å². The summed E-state index contributed by atoms with van der Waals surface area (Å²) in [6.45, 7) is 3.98. The van der Waals surface area contributed by atoms with Crippen molar-refractivity contribution < 1.29 is 13.2 Å². The number of hydrogen-bond donors (Lipinski definition) is 0. The summed E-state index contributed by atoms with van der Waals surface area (Å²) in [6, 6.07) is 0. The van der Waals surface area contributed by atoms with Gasteiger partial charge in [-0.2, -0.15) is 0 Å². The van der Waals surface area contributed by atoms with Crippen molar-refractivity contribution in [3.05, 3.63) is 11.9 Å². The number of ether oxygens (including phenoxy) is 1. The molecule has 0 N–H and O–H groups in total. The molecule has 1 saturated heterocycles. The molecule has 0 amide bonds. The average molecular weight is 412 g/mol. The fourth-order valence-electron chi connectivity index (χ4n) is 4.63. The Labute approximate surface area is 170 Å². The minimum absolute atomic E-state index is 0.236. The van der Waals surface area contributed by atoms with E-state index in [1.165, 1.54) is 38.5 Å². The SMILES string of the molecule is COCCn1c(CN2CCCCCCC2)cnc1S(=O)(=O)CC1CCCCC1. The third kappa shape index (κ3) is 6.04. The van der Waals surface area contributed by atoms with Crippen LogP contribution in [0.4, 0.5) is 0 Å². The van der Waals surface area contributed by atoms with E-state index in [4.69, 9.17) is 4.74 Å². The molecule has 1 aromatic rings. The van der Waals surface area contributed by atoms with Crippen molar-refractivity contribution in [3.8, 4) is 0 Å². The molecule has 0 spiro atoms. The monoisotopic (exact) mass is 411 g/mol. The average Bonchev–Trinajstić information content (AvgIpc) is 3.06. The third-order valence-corrected chi connectivity index (χ3v) is 8.01. The Hall–Kier alpha value is -0.920. The first-order valence-electron chi connectivity index (χ1n) is 11.1. The molecule has 1 aliphatic heterocycles. The molecule has 6 nitrogen and oxygen atoms in total. The van der Waals surface area contributed by atoms with Gasteiger partial charge in [0, 0.05) is 20.2 Å². The van der Waals surface area contributed by atoms with Crippen LogP contribution in [-0.2, 0) is 27.7 Å². The number of rotatable bonds is 8. The van der Waals surface area contributed by atoms with Gasteiger partial charge >= 0.3 is 0 Å². The maximum Gasteiger partial charge on any atom is 0.227 e. The number of likely N-dealkylation sites (tertiary alicyclic amines) is 1. The van der Waals surface area contributed by atoms with Crippen LogP contribution in [0.2, 0.25) is 0 Å². The molecule has 1 aliphatic carbocycles. The molecular weight excluding hydrogens is 374 g/mol.